The average Bonchev–Trinajstić information content (AvgIpc) is 2.85. The number of sulfonamides is 1. The molecular weight excluding hydrogens is 292 g/mol. The van der Waals surface area contributed by atoms with E-state index in [2.05, 4.69) is 16.3 Å². The van der Waals surface area contributed by atoms with Gasteiger partial charge in [-0.2, -0.15) is 11.8 Å². The minimum atomic E-state index is -3.39. The van der Waals surface area contributed by atoms with E-state index >= 15 is 0 Å². The van der Waals surface area contributed by atoms with Crippen LogP contribution in [0.2, 0.25) is 0 Å². The van der Waals surface area contributed by atoms with Crippen LogP contribution >= 0.6 is 11.8 Å². The first-order chi connectivity index (χ1) is 9.55. The van der Waals surface area contributed by atoms with E-state index in [1.807, 2.05) is 6.07 Å². The minimum Gasteiger partial charge on any atom is -0.384 e. The molecule has 0 unspecified atom stereocenters. The standard InChI is InChI=1S/C14H20N2O2S2/c1-19-14(6-2-7-14)10-16-20(17,18)12-3-4-13-11(9-12)5-8-15-13/h3-4,9,15-16H,2,5-8,10H2,1H3. The molecule has 20 heavy (non-hydrogen) atoms. The van der Waals surface area contributed by atoms with E-state index in [1.165, 1.54) is 6.42 Å². The monoisotopic (exact) mass is 312 g/mol. The summed E-state index contributed by atoms with van der Waals surface area (Å²) in [5, 5.41) is 3.24. The molecule has 1 aliphatic carbocycles. The number of rotatable bonds is 5. The molecule has 6 heteroatoms. The third-order valence-corrected chi connectivity index (χ3v) is 7.20. The maximum absolute atomic E-state index is 12.4. The van der Waals surface area contributed by atoms with Gasteiger partial charge in [0.15, 0.2) is 0 Å². The highest BCUT2D eigenvalue weighted by molar-refractivity contribution is 8.00. The zero-order valence-electron chi connectivity index (χ0n) is 11.6. The van der Waals surface area contributed by atoms with Crippen LogP contribution in [0.25, 0.3) is 0 Å². The lowest BCUT2D eigenvalue weighted by Gasteiger charge is -2.40. The normalized spacial score (nSPS) is 20.1. The lowest BCUT2D eigenvalue weighted by atomic mass is 9.84. The van der Waals surface area contributed by atoms with Crippen molar-refractivity contribution in [3.8, 4) is 0 Å². The fourth-order valence-electron chi connectivity index (χ4n) is 2.78. The van der Waals surface area contributed by atoms with Gasteiger partial charge in [-0.05, 0) is 49.3 Å². The fraction of sp³-hybridized carbons (Fsp3) is 0.571. The van der Waals surface area contributed by atoms with E-state index in [1.54, 1.807) is 23.9 Å². The molecule has 2 aliphatic rings. The topological polar surface area (TPSA) is 58.2 Å². The summed E-state index contributed by atoms with van der Waals surface area (Å²) in [6.07, 6.45) is 6.37. The zero-order chi connectivity index (χ0) is 14.2. The molecule has 110 valence electrons. The number of thioether (sulfide) groups is 1. The van der Waals surface area contributed by atoms with Gasteiger partial charge in [0.05, 0.1) is 4.90 Å². The van der Waals surface area contributed by atoms with Crippen molar-refractivity contribution >= 4 is 27.5 Å². The SMILES string of the molecule is CSC1(CNS(=O)(=O)c2ccc3c(c2)CCN3)CCC1. The summed E-state index contributed by atoms with van der Waals surface area (Å²) in [5.41, 5.74) is 2.15. The summed E-state index contributed by atoms with van der Waals surface area (Å²) in [5.74, 6) is 0. The summed E-state index contributed by atoms with van der Waals surface area (Å²) in [4.78, 5) is 0.385. The van der Waals surface area contributed by atoms with Crippen molar-refractivity contribution in [3.05, 3.63) is 23.8 Å². The highest BCUT2D eigenvalue weighted by Crippen LogP contribution is 2.42. The second kappa shape index (κ2) is 5.24. The number of fused-ring (bicyclic) bond motifs is 1. The van der Waals surface area contributed by atoms with Crippen LogP contribution in [0, 0.1) is 0 Å². The number of hydrogen-bond acceptors (Lipinski definition) is 4. The number of hydrogen-bond donors (Lipinski definition) is 2. The van der Waals surface area contributed by atoms with Gasteiger partial charge in [-0.3, -0.25) is 0 Å². The highest BCUT2D eigenvalue weighted by Gasteiger charge is 2.37. The van der Waals surface area contributed by atoms with Crippen molar-refractivity contribution in [2.24, 2.45) is 0 Å². The molecule has 0 bridgehead atoms. The Kier molecular flexibility index (Phi) is 3.73. The van der Waals surface area contributed by atoms with E-state index < -0.39 is 10.0 Å². The van der Waals surface area contributed by atoms with Crippen molar-refractivity contribution < 1.29 is 8.42 Å². The van der Waals surface area contributed by atoms with Gasteiger partial charge in [0.1, 0.15) is 0 Å². The Bertz CT molecular complexity index is 604. The molecule has 1 aliphatic heterocycles. The third-order valence-electron chi connectivity index (χ3n) is 4.38. The first-order valence-electron chi connectivity index (χ1n) is 6.96. The first-order valence-corrected chi connectivity index (χ1v) is 9.67. The molecule has 0 amide bonds. The van der Waals surface area contributed by atoms with Crippen molar-refractivity contribution in [2.45, 2.75) is 35.3 Å². The lowest BCUT2D eigenvalue weighted by Crippen LogP contribution is -2.45. The molecule has 1 saturated carbocycles. The quantitative estimate of drug-likeness (QED) is 0.875. The molecule has 0 aromatic heterocycles. The zero-order valence-corrected chi connectivity index (χ0v) is 13.2. The second-order valence-corrected chi connectivity index (χ2v) is 8.60. The molecule has 1 heterocycles. The van der Waals surface area contributed by atoms with Crippen molar-refractivity contribution in [1.29, 1.82) is 0 Å². The smallest absolute Gasteiger partial charge is 0.240 e. The molecule has 3 rings (SSSR count). The van der Waals surface area contributed by atoms with Crippen LogP contribution in [-0.2, 0) is 16.4 Å². The van der Waals surface area contributed by atoms with E-state index in [9.17, 15) is 8.42 Å². The van der Waals surface area contributed by atoms with Crippen molar-refractivity contribution in [2.75, 3.05) is 24.7 Å². The highest BCUT2D eigenvalue weighted by atomic mass is 32.2. The number of benzene rings is 1. The maximum atomic E-state index is 12.4. The van der Waals surface area contributed by atoms with E-state index in [4.69, 9.17) is 0 Å². The van der Waals surface area contributed by atoms with Crippen LogP contribution in [0.4, 0.5) is 5.69 Å². The van der Waals surface area contributed by atoms with Gasteiger partial charge in [-0.15, -0.1) is 0 Å². The van der Waals surface area contributed by atoms with Gasteiger partial charge in [0, 0.05) is 23.5 Å². The summed E-state index contributed by atoms with van der Waals surface area (Å²) in [6.45, 7) is 1.42. The van der Waals surface area contributed by atoms with Crippen LogP contribution < -0.4 is 10.0 Å². The van der Waals surface area contributed by atoms with E-state index in [0.29, 0.717) is 11.4 Å². The predicted molar refractivity (Wildman–Crippen MR) is 83.9 cm³/mol. The Labute approximate surface area is 124 Å². The molecule has 1 aromatic rings. The predicted octanol–water partition coefficient (Wildman–Crippen LogP) is 2.22. The third kappa shape index (κ3) is 2.56. The minimum absolute atomic E-state index is 0.116. The molecule has 0 saturated heterocycles. The van der Waals surface area contributed by atoms with Gasteiger partial charge in [-0.1, -0.05) is 6.42 Å². The van der Waals surface area contributed by atoms with Crippen LogP contribution in [0.1, 0.15) is 24.8 Å². The van der Waals surface area contributed by atoms with Crippen LogP contribution in [0.3, 0.4) is 0 Å². The molecule has 1 fully saturated rings. The Balaban J connectivity index is 1.75. The fourth-order valence-corrected chi connectivity index (χ4v) is 4.96. The number of nitrogens with one attached hydrogen (secondary N) is 2. The molecule has 0 radical (unpaired) electrons. The summed E-state index contributed by atoms with van der Waals surface area (Å²) < 4.78 is 27.7. The van der Waals surface area contributed by atoms with Gasteiger partial charge in [0.25, 0.3) is 0 Å². The largest absolute Gasteiger partial charge is 0.384 e. The van der Waals surface area contributed by atoms with Gasteiger partial charge in [0.2, 0.25) is 10.0 Å². The summed E-state index contributed by atoms with van der Waals surface area (Å²) in [7, 11) is -3.39. The van der Waals surface area contributed by atoms with E-state index in [0.717, 1.165) is 37.1 Å². The van der Waals surface area contributed by atoms with Crippen molar-refractivity contribution in [1.82, 2.24) is 4.72 Å². The Morgan fingerprint density at radius 3 is 2.85 bits per heavy atom. The van der Waals surface area contributed by atoms with Crippen LogP contribution in [-0.4, -0.2) is 32.5 Å². The molecule has 0 atom stereocenters. The Hall–Kier alpha value is -0.720. The first kappa shape index (κ1) is 14.2. The molecule has 4 nitrogen and oxygen atoms in total. The maximum Gasteiger partial charge on any atom is 0.240 e. The van der Waals surface area contributed by atoms with Crippen LogP contribution in [0.15, 0.2) is 23.1 Å². The van der Waals surface area contributed by atoms with Gasteiger partial charge >= 0.3 is 0 Å². The summed E-state index contributed by atoms with van der Waals surface area (Å²) >= 11 is 1.78. The Morgan fingerprint density at radius 1 is 1.40 bits per heavy atom. The van der Waals surface area contributed by atoms with Gasteiger partial charge in [-0.25, -0.2) is 13.1 Å². The van der Waals surface area contributed by atoms with Crippen LogP contribution in [0.5, 0.6) is 0 Å². The summed E-state index contributed by atoms with van der Waals surface area (Å²) in [6, 6.07) is 5.35. The number of anilines is 1. The molecule has 0 spiro atoms. The molecular formula is C14H20N2O2S2. The van der Waals surface area contributed by atoms with Gasteiger partial charge < -0.3 is 5.32 Å². The Morgan fingerprint density at radius 2 is 2.20 bits per heavy atom. The lowest BCUT2D eigenvalue weighted by molar-refractivity contribution is 0.362. The average molecular weight is 312 g/mol. The molecule has 2 N–H and O–H groups in total. The second-order valence-electron chi connectivity index (χ2n) is 5.56. The van der Waals surface area contributed by atoms with E-state index in [-0.39, 0.29) is 4.75 Å². The molecule has 1 aromatic carbocycles. The van der Waals surface area contributed by atoms with Crippen molar-refractivity contribution in [3.63, 3.8) is 0 Å².